The molecule has 0 bridgehead atoms. The molecule has 0 fully saturated rings. The van der Waals surface area contributed by atoms with Crippen LogP contribution in [0.4, 0.5) is 0 Å². The molecule has 1 aromatic carbocycles. The van der Waals surface area contributed by atoms with Crippen molar-refractivity contribution in [3.63, 3.8) is 0 Å². The zero-order valence-electron chi connectivity index (χ0n) is 12.1. The molecule has 1 aromatic rings. The first-order valence-corrected chi connectivity index (χ1v) is 7.88. The van der Waals surface area contributed by atoms with Gasteiger partial charge in [0.2, 0.25) is 0 Å². The minimum absolute atomic E-state index is 0.227. The summed E-state index contributed by atoms with van der Waals surface area (Å²) in [6, 6.07) is 8.57. The van der Waals surface area contributed by atoms with Gasteiger partial charge in [0.05, 0.1) is 13.2 Å². The third kappa shape index (κ3) is 5.85. The summed E-state index contributed by atoms with van der Waals surface area (Å²) in [7, 11) is 1.97. The van der Waals surface area contributed by atoms with Crippen LogP contribution >= 0.6 is 11.8 Å². The Morgan fingerprint density at radius 3 is 2.53 bits per heavy atom. The van der Waals surface area contributed by atoms with Gasteiger partial charge >= 0.3 is 0 Å². The van der Waals surface area contributed by atoms with Gasteiger partial charge in [0.1, 0.15) is 5.75 Å². The van der Waals surface area contributed by atoms with Crippen LogP contribution in [0, 0.1) is 0 Å². The SMILES string of the molecule is CCCOc1ccc(C(CSC(C)CO)NC)cc1. The van der Waals surface area contributed by atoms with Crippen LogP contribution in [0.1, 0.15) is 31.9 Å². The average Bonchev–Trinajstić information content (AvgIpc) is 2.46. The lowest BCUT2D eigenvalue weighted by molar-refractivity contribution is 0.300. The second-order valence-corrected chi connectivity index (χ2v) is 6.06. The van der Waals surface area contributed by atoms with Gasteiger partial charge in [-0.2, -0.15) is 11.8 Å². The quantitative estimate of drug-likeness (QED) is 0.731. The zero-order valence-corrected chi connectivity index (χ0v) is 12.9. The first kappa shape index (κ1) is 16.3. The summed E-state index contributed by atoms with van der Waals surface area (Å²) < 4.78 is 5.58. The van der Waals surface area contributed by atoms with Crippen molar-refractivity contribution in [3.8, 4) is 5.75 Å². The number of hydrogen-bond donors (Lipinski definition) is 2. The molecule has 0 aliphatic carbocycles. The summed E-state index contributed by atoms with van der Waals surface area (Å²) in [5, 5.41) is 12.6. The Morgan fingerprint density at radius 2 is 2.00 bits per heavy atom. The summed E-state index contributed by atoms with van der Waals surface area (Å²) in [6.07, 6.45) is 1.02. The van der Waals surface area contributed by atoms with Crippen molar-refractivity contribution in [2.75, 3.05) is 26.0 Å². The summed E-state index contributed by atoms with van der Waals surface area (Å²) in [6.45, 7) is 5.13. The zero-order chi connectivity index (χ0) is 14.1. The van der Waals surface area contributed by atoms with Crippen LogP contribution in [0.3, 0.4) is 0 Å². The summed E-state index contributed by atoms with van der Waals surface area (Å²) in [5.74, 6) is 1.88. The maximum atomic E-state index is 9.05. The van der Waals surface area contributed by atoms with E-state index in [1.807, 2.05) is 26.1 Å². The van der Waals surface area contributed by atoms with Crippen LogP contribution in [0.2, 0.25) is 0 Å². The Labute approximate surface area is 120 Å². The number of thioether (sulfide) groups is 1. The topological polar surface area (TPSA) is 41.5 Å². The van der Waals surface area contributed by atoms with Gasteiger partial charge in [0.25, 0.3) is 0 Å². The van der Waals surface area contributed by atoms with E-state index in [2.05, 4.69) is 24.4 Å². The number of benzene rings is 1. The molecule has 2 atom stereocenters. The molecule has 4 heteroatoms. The van der Waals surface area contributed by atoms with Gasteiger partial charge in [0, 0.05) is 17.0 Å². The van der Waals surface area contributed by atoms with Crippen molar-refractivity contribution in [2.24, 2.45) is 0 Å². The van der Waals surface area contributed by atoms with Crippen LogP contribution in [0.15, 0.2) is 24.3 Å². The molecule has 0 radical (unpaired) electrons. The van der Waals surface area contributed by atoms with Gasteiger partial charge in [-0.1, -0.05) is 26.0 Å². The van der Waals surface area contributed by atoms with Crippen LogP contribution in [0.25, 0.3) is 0 Å². The molecule has 3 nitrogen and oxygen atoms in total. The summed E-state index contributed by atoms with van der Waals surface area (Å²) in [5.41, 5.74) is 1.25. The van der Waals surface area contributed by atoms with E-state index in [4.69, 9.17) is 9.84 Å². The Balaban J connectivity index is 2.55. The molecule has 0 amide bonds. The van der Waals surface area contributed by atoms with Gasteiger partial charge in [-0.3, -0.25) is 0 Å². The Bertz CT molecular complexity index is 343. The Morgan fingerprint density at radius 1 is 1.32 bits per heavy atom. The highest BCUT2D eigenvalue weighted by Crippen LogP contribution is 2.23. The maximum absolute atomic E-state index is 9.05. The largest absolute Gasteiger partial charge is 0.494 e. The average molecular weight is 283 g/mol. The van der Waals surface area contributed by atoms with E-state index in [0.29, 0.717) is 6.04 Å². The highest BCUT2D eigenvalue weighted by molar-refractivity contribution is 7.99. The summed E-state index contributed by atoms with van der Waals surface area (Å²) >= 11 is 1.78. The highest BCUT2D eigenvalue weighted by Gasteiger charge is 2.11. The number of rotatable bonds is 9. The lowest BCUT2D eigenvalue weighted by atomic mass is 10.1. The third-order valence-corrected chi connectivity index (χ3v) is 4.15. The molecule has 0 aromatic heterocycles. The molecule has 19 heavy (non-hydrogen) atoms. The van der Waals surface area contributed by atoms with E-state index in [-0.39, 0.29) is 11.9 Å². The molecule has 0 saturated heterocycles. The second kappa shape index (κ2) is 9.23. The molecule has 2 N–H and O–H groups in total. The first-order valence-electron chi connectivity index (χ1n) is 6.83. The van der Waals surface area contributed by atoms with Gasteiger partial charge in [-0.05, 0) is 31.2 Å². The molecular weight excluding hydrogens is 258 g/mol. The van der Waals surface area contributed by atoms with Crippen molar-refractivity contribution in [1.82, 2.24) is 5.32 Å². The lowest BCUT2D eigenvalue weighted by Gasteiger charge is -2.18. The van der Waals surface area contributed by atoms with E-state index < -0.39 is 0 Å². The Kier molecular flexibility index (Phi) is 7.94. The van der Waals surface area contributed by atoms with Crippen LogP contribution < -0.4 is 10.1 Å². The normalized spacial score (nSPS) is 14.1. The third-order valence-electron chi connectivity index (χ3n) is 2.91. The molecule has 0 heterocycles. The van der Waals surface area contributed by atoms with E-state index in [1.165, 1.54) is 5.56 Å². The molecule has 1 rings (SSSR count). The number of aliphatic hydroxyl groups is 1. The lowest BCUT2D eigenvalue weighted by Crippen LogP contribution is -2.20. The van der Waals surface area contributed by atoms with Gasteiger partial charge in [-0.15, -0.1) is 0 Å². The van der Waals surface area contributed by atoms with Crippen molar-refractivity contribution in [2.45, 2.75) is 31.6 Å². The van der Waals surface area contributed by atoms with E-state index in [9.17, 15) is 0 Å². The minimum atomic E-state index is 0.227. The fourth-order valence-corrected chi connectivity index (χ4v) is 2.66. The maximum Gasteiger partial charge on any atom is 0.119 e. The smallest absolute Gasteiger partial charge is 0.119 e. The minimum Gasteiger partial charge on any atom is -0.494 e. The van der Waals surface area contributed by atoms with Gasteiger partial charge in [0.15, 0.2) is 0 Å². The predicted molar refractivity (Wildman–Crippen MR) is 83.0 cm³/mol. The molecule has 0 spiro atoms. The second-order valence-electron chi connectivity index (χ2n) is 4.59. The van der Waals surface area contributed by atoms with Crippen LogP contribution in [0.5, 0.6) is 5.75 Å². The number of ether oxygens (including phenoxy) is 1. The fraction of sp³-hybridized carbons (Fsp3) is 0.600. The van der Waals surface area contributed by atoms with E-state index >= 15 is 0 Å². The summed E-state index contributed by atoms with van der Waals surface area (Å²) in [4.78, 5) is 0. The van der Waals surface area contributed by atoms with Crippen molar-refractivity contribution in [1.29, 1.82) is 0 Å². The molecule has 108 valence electrons. The number of nitrogens with one attached hydrogen (secondary N) is 1. The van der Waals surface area contributed by atoms with Crippen LogP contribution in [-0.2, 0) is 0 Å². The van der Waals surface area contributed by atoms with Gasteiger partial charge in [-0.25, -0.2) is 0 Å². The van der Waals surface area contributed by atoms with Crippen molar-refractivity contribution < 1.29 is 9.84 Å². The fourth-order valence-electron chi connectivity index (χ4n) is 1.68. The Hall–Kier alpha value is -0.710. The molecular formula is C15H25NO2S. The molecule has 0 saturated carbocycles. The standard InChI is InChI=1S/C15H25NO2S/c1-4-9-18-14-7-5-13(6-8-14)15(16-3)11-19-12(2)10-17/h5-8,12,15-17H,4,9-11H2,1-3H3. The number of aliphatic hydroxyl groups excluding tert-OH is 1. The predicted octanol–water partition coefficient (Wildman–Crippen LogP) is 2.85. The van der Waals surface area contributed by atoms with E-state index in [1.54, 1.807) is 11.8 Å². The van der Waals surface area contributed by atoms with Crippen LogP contribution in [-0.4, -0.2) is 36.4 Å². The molecule has 0 aliphatic heterocycles. The van der Waals surface area contributed by atoms with Gasteiger partial charge < -0.3 is 15.2 Å². The highest BCUT2D eigenvalue weighted by atomic mass is 32.2. The molecule has 0 aliphatic rings. The first-order chi connectivity index (χ1) is 9.21. The monoisotopic (exact) mass is 283 g/mol. The van der Waals surface area contributed by atoms with Crippen molar-refractivity contribution in [3.05, 3.63) is 29.8 Å². The molecule has 2 unspecified atom stereocenters. The van der Waals surface area contributed by atoms with E-state index in [0.717, 1.165) is 24.5 Å². The number of hydrogen-bond acceptors (Lipinski definition) is 4. The van der Waals surface area contributed by atoms with Crippen molar-refractivity contribution >= 4 is 11.8 Å².